The molecule has 0 saturated carbocycles. The van der Waals surface area contributed by atoms with E-state index in [1.54, 1.807) is 0 Å². The van der Waals surface area contributed by atoms with Crippen LogP contribution in [0.2, 0.25) is 0 Å². The molecule has 1 saturated heterocycles. The third-order valence-electron chi connectivity index (χ3n) is 4.02. The average Bonchev–Trinajstić information content (AvgIpc) is 2.62. The number of benzene rings is 2. The average molecular weight is 307 g/mol. The number of thioether (sulfide) groups is 1. The van der Waals surface area contributed by atoms with Crippen molar-refractivity contribution in [3.05, 3.63) is 71.8 Å². The summed E-state index contributed by atoms with van der Waals surface area (Å²) in [7, 11) is 0. The van der Waals surface area contributed by atoms with Crippen LogP contribution in [0.15, 0.2) is 70.9 Å². The molecule has 0 spiro atoms. The number of fused-ring (bicyclic) bond motifs is 1. The molecule has 2 aliphatic rings. The fraction of sp³-hybridized carbons (Fsp3) is 0.222. The van der Waals surface area contributed by atoms with E-state index in [1.165, 1.54) is 12.0 Å². The lowest BCUT2D eigenvalue weighted by Gasteiger charge is -2.39. The monoisotopic (exact) mass is 307 g/mol. The molecule has 3 nitrogen and oxygen atoms in total. The minimum Gasteiger partial charge on any atom is -0.337 e. The number of nitrogens with zero attached hydrogens (tertiary/aromatic N) is 3. The number of rotatable bonds is 2. The first-order chi connectivity index (χ1) is 10.9. The summed E-state index contributed by atoms with van der Waals surface area (Å²) in [6.45, 7) is 1.04. The molecule has 0 radical (unpaired) electrons. The van der Waals surface area contributed by atoms with Crippen LogP contribution in [0.1, 0.15) is 23.6 Å². The SMILES string of the molecule is c1ccc(C2=NN=C3SCCCN3C2c2ccccc2)cc1. The van der Waals surface area contributed by atoms with Crippen molar-refractivity contribution in [1.29, 1.82) is 0 Å². The molecule has 1 atom stereocenters. The van der Waals surface area contributed by atoms with Gasteiger partial charge >= 0.3 is 0 Å². The first kappa shape index (κ1) is 13.6. The Morgan fingerprint density at radius 1 is 0.909 bits per heavy atom. The molecule has 0 amide bonds. The van der Waals surface area contributed by atoms with Crippen molar-refractivity contribution < 1.29 is 0 Å². The van der Waals surface area contributed by atoms with Crippen molar-refractivity contribution >= 4 is 22.6 Å². The van der Waals surface area contributed by atoms with E-state index in [4.69, 9.17) is 0 Å². The highest BCUT2D eigenvalue weighted by Gasteiger charge is 2.33. The van der Waals surface area contributed by atoms with Crippen molar-refractivity contribution in [2.45, 2.75) is 12.5 Å². The first-order valence-corrected chi connectivity index (χ1v) is 8.57. The van der Waals surface area contributed by atoms with Gasteiger partial charge in [-0.3, -0.25) is 0 Å². The predicted octanol–water partition coefficient (Wildman–Crippen LogP) is 3.94. The van der Waals surface area contributed by atoms with Gasteiger partial charge in [0.2, 0.25) is 0 Å². The van der Waals surface area contributed by atoms with Gasteiger partial charge in [-0.2, -0.15) is 0 Å². The van der Waals surface area contributed by atoms with Crippen LogP contribution in [0, 0.1) is 0 Å². The van der Waals surface area contributed by atoms with Crippen LogP contribution in [0.5, 0.6) is 0 Å². The van der Waals surface area contributed by atoms with Gasteiger partial charge in [0.05, 0.1) is 5.71 Å². The summed E-state index contributed by atoms with van der Waals surface area (Å²) in [6.07, 6.45) is 1.19. The van der Waals surface area contributed by atoms with Crippen molar-refractivity contribution in [2.75, 3.05) is 12.3 Å². The Kier molecular flexibility index (Phi) is 3.69. The maximum atomic E-state index is 4.58. The first-order valence-electron chi connectivity index (χ1n) is 7.59. The minimum absolute atomic E-state index is 0.156. The summed E-state index contributed by atoms with van der Waals surface area (Å²) in [5, 5.41) is 10.1. The Hall–Kier alpha value is -2.07. The topological polar surface area (TPSA) is 28.0 Å². The molecule has 0 aromatic heterocycles. The molecular weight excluding hydrogens is 290 g/mol. The quantitative estimate of drug-likeness (QED) is 0.840. The molecule has 110 valence electrons. The minimum atomic E-state index is 0.156. The summed E-state index contributed by atoms with van der Waals surface area (Å²) in [5.74, 6) is 1.13. The van der Waals surface area contributed by atoms with Crippen molar-refractivity contribution in [2.24, 2.45) is 10.2 Å². The highest BCUT2D eigenvalue weighted by Crippen LogP contribution is 2.34. The lowest BCUT2D eigenvalue weighted by molar-refractivity contribution is 0.378. The summed E-state index contributed by atoms with van der Waals surface area (Å²) < 4.78 is 0. The lowest BCUT2D eigenvalue weighted by atomic mass is 9.95. The Labute approximate surface area is 134 Å². The molecule has 1 unspecified atom stereocenters. The molecule has 2 aromatic rings. The molecule has 0 N–H and O–H groups in total. The zero-order chi connectivity index (χ0) is 14.8. The van der Waals surface area contributed by atoms with Crippen molar-refractivity contribution in [3.63, 3.8) is 0 Å². The van der Waals surface area contributed by atoms with E-state index in [2.05, 4.69) is 69.7 Å². The molecule has 0 bridgehead atoms. The smallest absolute Gasteiger partial charge is 0.186 e. The number of hydrogen-bond donors (Lipinski definition) is 0. The van der Waals surface area contributed by atoms with Crippen LogP contribution < -0.4 is 0 Å². The molecule has 4 rings (SSSR count). The van der Waals surface area contributed by atoms with Gasteiger partial charge in [-0.25, -0.2) is 0 Å². The van der Waals surface area contributed by atoms with E-state index in [9.17, 15) is 0 Å². The second-order valence-corrected chi connectivity index (χ2v) is 6.50. The van der Waals surface area contributed by atoms with Crippen molar-refractivity contribution in [1.82, 2.24) is 4.90 Å². The van der Waals surface area contributed by atoms with E-state index >= 15 is 0 Å². The predicted molar refractivity (Wildman–Crippen MR) is 93.4 cm³/mol. The second kappa shape index (κ2) is 5.97. The van der Waals surface area contributed by atoms with E-state index in [0.717, 1.165) is 28.7 Å². The van der Waals surface area contributed by atoms with Gasteiger partial charge in [0, 0.05) is 17.9 Å². The van der Waals surface area contributed by atoms with Crippen LogP contribution in [-0.2, 0) is 0 Å². The molecule has 1 fully saturated rings. The van der Waals surface area contributed by atoms with Crippen molar-refractivity contribution in [3.8, 4) is 0 Å². The molecule has 2 aromatic carbocycles. The highest BCUT2D eigenvalue weighted by atomic mass is 32.2. The standard InChI is InChI=1S/C18H17N3S/c1-3-8-14(9-4-1)16-17(15-10-5-2-6-11-15)21-12-7-13-22-18(21)20-19-16/h1-6,8-11,17H,7,12-13H2. The van der Waals surface area contributed by atoms with Gasteiger partial charge in [0.25, 0.3) is 0 Å². The summed E-state index contributed by atoms with van der Waals surface area (Å²) >= 11 is 1.81. The summed E-state index contributed by atoms with van der Waals surface area (Å²) in [5.41, 5.74) is 3.47. The largest absolute Gasteiger partial charge is 0.337 e. The molecule has 0 aliphatic carbocycles. The zero-order valence-electron chi connectivity index (χ0n) is 12.2. The van der Waals surface area contributed by atoms with Gasteiger partial charge in [-0.05, 0) is 12.0 Å². The Morgan fingerprint density at radius 3 is 2.41 bits per heavy atom. The van der Waals surface area contributed by atoms with Crippen LogP contribution in [-0.4, -0.2) is 28.1 Å². The summed E-state index contributed by atoms with van der Waals surface area (Å²) in [4.78, 5) is 2.40. The fourth-order valence-electron chi connectivity index (χ4n) is 3.00. The van der Waals surface area contributed by atoms with E-state index in [0.29, 0.717) is 0 Å². The van der Waals surface area contributed by atoms with Crippen LogP contribution in [0.4, 0.5) is 0 Å². The molecule has 4 heteroatoms. The third-order valence-corrected chi connectivity index (χ3v) is 5.09. The third kappa shape index (κ3) is 2.44. The van der Waals surface area contributed by atoms with Gasteiger partial charge < -0.3 is 4.90 Å². The van der Waals surface area contributed by atoms with E-state index in [1.807, 2.05) is 17.8 Å². The zero-order valence-corrected chi connectivity index (χ0v) is 13.0. The molecule has 2 aliphatic heterocycles. The Balaban J connectivity index is 1.83. The van der Waals surface area contributed by atoms with Gasteiger partial charge in [-0.1, -0.05) is 72.4 Å². The van der Waals surface area contributed by atoms with Crippen LogP contribution in [0.3, 0.4) is 0 Å². The van der Waals surface area contributed by atoms with Crippen LogP contribution in [0.25, 0.3) is 0 Å². The van der Waals surface area contributed by atoms with Crippen LogP contribution >= 0.6 is 11.8 Å². The molecule has 2 heterocycles. The summed E-state index contributed by atoms with van der Waals surface area (Å²) in [6, 6.07) is 21.2. The molecule has 22 heavy (non-hydrogen) atoms. The second-order valence-electron chi connectivity index (χ2n) is 5.44. The maximum absolute atomic E-state index is 4.58. The lowest BCUT2D eigenvalue weighted by Crippen LogP contribution is -2.43. The normalized spacial score (nSPS) is 20.9. The van der Waals surface area contributed by atoms with E-state index < -0.39 is 0 Å². The van der Waals surface area contributed by atoms with Gasteiger partial charge in [0.15, 0.2) is 5.17 Å². The van der Waals surface area contributed by atoms with Gasteiger partial charge in [0.1, 0.15) is 6.04 Å². The fourth-order valence-corrected chi connectivity index (χ4v) is 3.92. The highest BCUT2D eigenvalue weighted by molar-refractivity contribution is 8.13. The maximum Gasteiger partial charge on any atom is 0.186 e. The Bertz CT molecular complexity index is 710. The Morgan fingerprint density at radius 2 is 1.64 bits per heavy atom. The molecular formula is C18H17N3S. The van der Waals surface area contributed by atoms with E-state index in [-0.39, 0.29) is 6.04 Å². The number of amidine groups is 1. The van der Waals surface area contributed by atoms with Gasteiger partial charge in [-0.15, -0.1) is 10.2 Å². The number of hydrogen-bond acceptors (Lipinski definition) is 4.